The molecule has 106 valence electrons. The van der Waals surface area contributed by atoms with Crippen LogP contribution in [0.15, 0.2) is 0 Å². The Hall–Kier alpha value is -0.0800. The van der Waals surface area contributed by atoms with E-state index < -0.39 is 0 Å². The Morgan fingerprint density at radius 3 is 2.67 bits per heavy atom. The summed E-state index contributed by atoms with van der Waals surface area (Å²) in [6.07, 6.45) is 12.8. The monoisotopic (exact) mass is 252 g/mol. The molecule has 1 heterocycles. The topological polar surface area (TPSA) is 15.3 Å². The molecule has 1 saturated heterocycles. The lowest BCUT2D eigenvalue weighted by Crippen LogP contribution is -2.26. The second kappa shape index (κ2) is 8.16. The van der Waals surface area contributed by atoms with E-state index in [-0.39, 0.29) is 0 Å². The molecule has 1 N–H and O–H groups in total. The van der Waals surface area contributed by atoms with Gasteiger partial charge < -0.3 is 10.2 Å². The summed E-state index contributed by atoms with van der Waals surface area (Å²) in [5.74, 6) is 1.01. The number of nitrogens with one attached hydrogen (secondary N) is 1. The van der Waals surface area contributed by atoms with Crippen molar-refractivity contribution in [3.8, 4) is 0 Å². The van der Waals surface area contributed by atoms with Gasteiger partial charge in [-0.1, -0.05) is 19.8 Å². The minimum absolute atomic E-state index is 0.890. The first-order chi connectivity index (χ1) is 8.88. The molecule has 0 radical (unpaired) electrons. The van der Waals surface area contributed by atoms with Gasteiger partial charge in [-0.2, -0.15) is 0 Å². The highest BCUT2D eigenvalue weighted by molar-refractivity contribution is 4.80. The van der Waals surface area contributed by atoms with E-state index in [4.69, 9.17) is 0 Å². The maximum atomic E-state index is 3.60. The Labute approximate surface area is 114 Å². The fourth-order valence-corrected chi connectivity index (χ4v) is 3.09. The van der Waals surface area contributed by atoms with Crippen LogP contribution in [0.5, 0.6) is 0 Å². The standard InChI is InChI=1S/C16H32N2/c1-2-15-7-6-13-18(14-10-15)12-5-3-4-11-17-16-8-9-16/h15-17H,2-14H2,1H3. The van der Waals surface area contributed by atoms with Crippen LogP contribution in [-0.4, -0.2) is 37.1 Å². The molecule has 2 rings (SSSR count). The number of hydrogen-bond donors (Lipinski definition) is 1. The van der Waals surface area contributed by atoms with Crippen molar-refractivity contribution < 1.29 is 0 Å². The molecule has 2 fully saturated rings. The van der Waals surface area contributed by atoms with Crippen molar-refractivity contribution in [2.75, 3.05) is 26.2 Å². The van der Waals surface area contributed by atoms with E-state index in [9.17, 15) is 0 Å². The second-order valence-electron chi connectivity index (χ2n) is 6.34. The van der Waals surface area contributed by atoms with Gasteiger partial charge in [0.2, 0.25) is 0 Å². The van der Waals surface area contributed by atoms with E-state index in [0.717, 1.165) is 12.0 Å². The van der Waals surface area contributed by atoms with Crippen LogP contribution in [0.4, 0.5) is 0 Å². The molecule has 1 unspecified atom stereocenters. The van der Waals surface area contributed by atoms with Crippen LogP contribution < -0.4 is 5.32 Å². The first kappa shape index (κ1) is 14.3. The van der Waals surface area contributed by atoms with Gasteiger partial charge in [-0.25, -0.2) is 0 Å². The first-order valence-corrected chi connectivity index (χ1v) is 8.34. The summed E-state index contributed by atoms with van der Waals surface area (Å²) >= 11 is 0. The number of hydrogen-bond acceptors (Lipinski definition) is 2. The van der Waals surface area contributed by atoms with E-state index in [0.29, 0.717) is 0 Å². The van der Waals surface area contributed by atoms with Gasteiger partial charge in [-0.05, 0) is 77.0 Å². The van der Waals surface area contributed by atoms with Crippen LogP contribution in [0, 0.1) is 5.92 Å². The van der Waals surface area contributed by atoms with Crippen molar-refractivity contribution in [3.05, 3.63) is 0 Å². The molecule has 0 spiro atoms. The summed E-state index contributed by atoms with van der Waals surface area (Å²) in [4.78, 5) is 2.71. The third-order valence-corrected chi connectivity index (χ3v) is 4.68. The van der Waals surface area contributed by atoms with E-state index in [2.05, 4.69) is 17.1 Å². The zero-order valence-corrected chi connectivity index (χ0v) is 12.3. The van der Waals surface area contributed by atoms with E-state index >= 15 is 0 Å². The summed E-state index contributed by atoms with van der Waals surface area (Å²) in [5.41, 5.74) is 0. The van der Waals surface area contributed by atoms with Crippen molar-refractivity contribution in [3.63, 3.8) is 0 Å². The van der Waals surface area contributed by atoms with Crippen molar-refractivity contribution >= 4 is 0 Å². The smallest absolute Gasteiger partial charge is 0.00682 e. The largest absolute Gasteiger partial charge is 0.314 e. The Kier molecular flexibility index (Phi) is 6.50. The first-order valence-electron chi connectivity index (χ1n) is 8.34. The molecule has 1 saturated carbocycles. The summed E-state index contributed by atoms with van der Waals surface area (Å²) in [6, 6.07) is 0.890. The average Bonchev–Trinajstić information content (AvgIpc) is 3.20. The van der Waals surface area contributed by atoms with E-state index in [1.807, 2.05) is 0 Å². The minimum atomic E-state index is 0.890. The van der Waals surface area contributed by atoms with Crippen molar-refractivity contribution in [2.45, 2.75) is 70.8 Å². The van der Waals surface area contributed by atoms with Crippen molar-refractivity contribution in [1.29, 1.82) is 0 Å². The molecule has 0 amide bonds. The average molecular weight is 252 g/mol. The van der Waals surface area contributed by atoms with E-state index in [1.165, 1.54) is 84.0 Å². The molecule has 2 aliphatic rings. The fourth-order valence-electron chi connectivity index (χ4n) is 3.09. The van der Waals surface area contributed by atoms with Gasteiger partial charge in [0.15, 0.2) is 0 Å². The van der Waals surface area contributed by atoms with Crippen LogP contribution >= 0.6 is 0 Å². The molecule has 0 aromatic carbocycles. The lowest BCUT2D eigenvalue weighted by atomic mass is 9.98. The highest BCUT2D eigenvalue weighted by atomic mass is 15.1. The molecular formula is C16H32N2. The normalized spacial score (nSPS) is 26.2. The third-order valence-electron chi connectivity index (χ3n) is 4.68. The molecule has 1 atom stereocenters. The predicted molar refractivity (Wildman–Crippen MR) is 78.9 cm³/mol. The lowest BCUT2D eigenvalue weighted by Gasteiger charge is -2.19. The molecule has 2 heteroatoms. The predicted octanol–water partition coefficient (Wildman–Crippen LogP) is 3.42. The molecule has 0 aromatic heterocycles. The molecule has 1 aliphatic heterocycles. The summed E-state index contributed by atoms with van der Waals surface area (Å²) in [7, 11) is 0. The molecule has 2 nitrogen and oxygen atoms in total. The quantitative estimate of drug-likeness (QED) is 0.666. The summed E-state index contributed by atoms with van der Waals surface area (Å²) < 4.78 is 0. The number of nitrogens with zero attached hydrogens (tertiary/aromatic N) is 1. The molecule has 0 bridgehead atoms. The zero-order valence-electron chi connectivity index (χ0n) is 12.3. The number of likely N-dealkylation sites (tertiary alicyclic amines) is 1. The number of unbranched alkanes of at least 4 members (excludes halogenated alkanes) is 2. The van der Waals surface area contributed by atoms with Crippen LogP contribution in [0.1, 0.15) is 64.7 Å². The van der Waals surface area contributed by atoms with Gasteiger partial charge in [-0.15, -0.1) is 0 Å². The molecule has 1 aliphatic carbocycles. The fraction of sp³-hybridized carbons (Fsp3) is 1.00. The van der Waals surface area contributed by atoms with Gasteiger partial charge in [0.25, 0.3) is 0 Å². The number of rotatable bonds is 8. The van der Waals surface area contributed by atoms with Crippen molar-refractivity contribution in [1.82, 2.24) is 10.2 Å². The zero-order chi connectivity index (χ0) is 12.6. The summed E-state index contributed by atoms with van der Waals surface area (Å²) in [6.45, 7) is 7.67. The van der Waals surface area contributed by atoms with Gasteiger partial charge >= 0.3 is 0 Å². The Balaban J connectivity index is 1.45. The minimum Gasteiger partial charge on any atom is -0.314 e. The molecular weight excluding hydrogens is 220 g/mol. The molecule has 18 heavy (non-hydrogen) atoms. The summed E-state index contributed by atoms with van der Waals surface area (Å²) in [5, 5.41) is 3.60. The van der Waals surface area contributed by atoms with Gasteiger partial charge in [0.05, 0.1) is 0 Å². The van der Waals surface area contributed by atoms with Crippen LogP contribution in [0.2, 0.25) is 0 Å². The van der Waals surface area contributed by atoms with Crippen LogP contribution in [-0.2, 0) is 0 Å². The molecule has 0 aromatic rings. The van der Waals surface area contributed by atoms with Gasteiger partial charge in [0.1, 0.15) is 0 Å². The lowest BCUT2D eigenvalue weighted by molar-refractivity contribution is 0.273. The Morgan fingerprint density at radius 2 is 1.89 bits per heavy atom. The maximum absolute atomic E-state index is 3.60. The van der Waals surface area contributed by atoms with Crippen LogP contribution in [0.25, 0.3) is 0 Å². The third kappa shape index (κ3) is 5.71. The van der Waals surface area contributed by atoms with Crippen LogP contribution in [0.3, 0.4) is 0 Å². The van der Waals surface area contributed by atoms with Gasteiger partial charge in [-0.3, -0.25) is 0 Å². The highest BCUT2D eigenvalue weighted by Crippen LogP contribution is 2.20. The second-order valence-corrected chi connectivity index (χ2v) is 6.34. The Bertz CT molecular complexity index is 213. The van der Waals surface area contributed by atoms with Gasteiger partial charge in [0, 0.05) is 6.04 Å². The highest BCUT2D eigenvalue weighted by Gasteiger charge is 2.19. The Morgan fingerprint density at radius 1 is 1.00 bits per heavy atom. The maximum Gasteiger partial charge on any atom is 0.00682 e. The SMILES string of the molecule is CCC1CCCN(CCCCCNC2CC2)CC1. The van der Waals surface area contributed by atoms with Crippen molar-refractivity contribution in [2.24, 2.45) is 5.92 Å². The van der Waals surface area contributed by atoms with E-state index in [1.54, 1.807) is 0 Å².